The molecule has 1 aliphatic heterocycles. The molecule has 2 aromatic carbocycles. The Balaban J connectivity index is 0.000000872. The normalized spacial score (nSPS) is 17.2. The van der Waals surface area contributed by atoms with Crippen molar-refractivity contribution in [2.24, 2.45) is 5.73 Å². The van der Waals surface area contributed by atoms with Gasteiger partial charge in [-0.1, -0.05) is 61.7 Å². The van der Waals surface area contributed by atoms with Gasteiger partial charge in [-0.15, -0.1) is 0 Å². The van der Waals surface area contributed by atoms with Crippen LogP contribution >= 0.6 is 0 Å². The van der Waals surface area contributed by atoms with Gasteiger partial charge >= 0.3 is 12.1 Å². The highest BCUT2D eigenvalue weighted by molar-refractivity contribution is 7.99. The summed E-state index contributed by atoms with van der Waals surface area (Å²) in [7, 11) is -3.90. The van der Waals surface area contributed by atoms with Crippen LogP contribution in [0.4, 0.5) is 13.2 Å². The molecule has 1 spiro atoms. The number of carbonyl (C=O) groups is 3. The van der Waals surface area contributed by atoms with Crippen molar-refractivity contribution in [2.75, 3.05) is 19.7 Å². The second-order valence-electron chi connectivity index (χ2n) is 12.6. The number of rotatable bonds is 11. The van der Waals surface area contributed by atoms with Crippen molar-refractivity contribution in [1.29, 1.82) is 5.26 Å². The number of alkyl halides is 3. The number of nitriles is 1. The van der Waals surface area contributed by atoms with Crippen LogP contribution in [0.1, 0.15) is 69.6 Å². The summed E-state index contributed by atoms with van der Waals surface area (Å²) in [6.45, 7) is 5.42. The van der Waals surface area contributed by atoms with Crippen LogP contribution in [0, 0.1) is 11.3 Å². The number of carboxylic acids is 1. The lowest BCUT2D eigenvalue weighted by Gasteiger charge is -2.38. The predicted molar refractivity (Wildman–Crippen MR) is 178 cm³/mol. The molecule has 16 heteroatoms. The van der Waals surface area contributed by atoms with E-state index in [-0.39, 0.29) is 31.2 Å². The lowest BCUT2D eigenvalue weighted by atomic mass is 9.76. The minimum atomic E-state index is -5.08. The molecule has 12 nitrogen and oxygen atoms in total. The number of nitrogens with zero attached hydrogens (tertiary/aromatic N) is 2. The van der Waals surface area contributed by atoms with E-state index in [0.29, 0.717) is 29.5 Å². The van der Waals surface area contributed by atoms with E-state index >= 15 is 0 Å². The number of hydrogen-bond donors (Lipinski definition) is 4. The number of carboxylic acid groups (broad SMARTS) is 1. The summed E-state index contributed by atoms with van der Waals surface area (Å²) in [5.41, 5.74) is 6.43. The first-order valence-corrected chi connectivity index (χ1v) is 17.4. The van der Waals surface area contributed by atoms with Gasteiger partial charge < -0.3 is 25.8 Å². The largest absolute Gasteiger partial charge is 0.490 e. The topological polar surface area (TPSA) is 192 Å². The van der Waals surface area contributed by atoms with Crippen molar-refractivity contribution in [3.8, 4) is 6.07 Å². The van der Waals surface area contributed by atoms with Gasteiger partial charge in [0.25, 0.3) is 0 Å². The maximum Gasteiger partial charge on any atom is 0.490 e. The Morgan fingerprint density at radius 1 is 1.08 bits per heavy atom. The quantitative estimate of drug-likeness (QED) is 0.267. The third-order valence-electron chi connectivity index (χ3n) is 8.30. The minimum absolute atomic E-state index is 0.0496. The Labute approximate surface area is 289 Å². The van der Waals surface area contributed by atoms with Gasteiger partial charge in [-0.3, -0.25) is 9.59 Å². The van der Waals surface area contributed by atoms with Crippen molar-refractivity contribution < 1.29 is 45.8 Å². The Morgan fingerprint density at radius 3 is 2.16 bits per heavy atom. The number of hydrogen-bond acceptors (Lipinski definition) is 8. The van der Waals surface area contributed by atoms with E-state index in [1.165, 1.54) is 0 Å². The van der Waals surface area contributed by atoms with Gasteiger partial charge in [-0.25, -0.2) is 17.9 Å². The predicted octanol–water partition coefficient (Wildman–Crippen LogP) is 3.83. The van der Waals surface area contributed by atoms with Gasteiger partial charge in [0.1, 0.15) is 6.04 Å². The molecule has 272 valence electrons. The number of nitrogens with two attached hydrogens (primary N) is 1. The Bertz CT molecular complexity index is 1700. The van der Waals surface area contributed by atoms with E-state index < -0.39 is 51.1 Å². The lowest BCUT2D eigenvalue weighted by Crippen LogP contribution is -2.58. The van der Waals surface area contributed by atoms with Crippen LogP contribution in [-0.4, -0.2) is 79.2 Å². The standard InChI is InChI=1S/C32H41N5O5S.C2HF3O2/c1-4-37(29(38)27(35-30(39)31(2,3)34)22-42-21-24-11-7-5-8-12-24)20-26-28(25-15-13-23(19-33)14-16-25)43(40,41)36-32(26)17-9-6-10-18-32;3-2(4,5)1(6)7/h5,7-8,11-16,27,36H,4,6,9-10,17-18,20-22,34H2,1-3H3,(H,35,39);(H,6,7)/t27-;/m1./s1. The SMILES string of the molecule is CCN(CC1=C(c2ccc(C#N)cc2)S(=O)(=O)NC12CCCCC2)C(=O)[C@@H](COCc1ccccc1)NC(=O)C(C)(C)N.O=C(O)C(F)(F)F. The van der Waals surface area contributed by atoms with Crippen molar-refractivity contribution >= 4 is 32.7 Å². The summed E-state index contributed by atoms with van der Waals surface area (Å²) < 4.78 is 67.9. The van der Waals surface area contributed by atoms with Crippen LogP contribution in [0.25, 0.3) is 4.91 Å². The van der Waals surface area contributed by atoms with Gasteiger partial charge in [-0.2, -0.15) is 18.4 Å². The highest BCUT2D eigenvalue weighted by atomic mass is 32.2. The molecule has 5 N–H and O–H groups in total. The average molecular weight is 722 g/mol. The fourth-order valence-corrected chi connectivity index (χ4v) is 7.68. The van der Waals surface area contributed by atoms with Gasteiger partial charge in [0.05, 0.1) is 40.8 Å². The van der Waals surface area contributed by atoms with E-state index in [1.807, 2.05) is 37.3 Å². The zero-order chi connectivity index (χ0) is 37.3. The number of aliphatic carboxylic acids is 1. The fourth-order valence-electron chi connectivity index (χ4n) is 5.70. The number of benzene rings is 2. The molecule has 2 aliphatic rings. The highest BCUT2D eigenvalue weighted by Gasteiger charge is 2.50. The maximum atomic E-state index is 14.1. The summed E-state index contributed by atoms with van der Waals surface area (Å²) in [6, 6.07) is 17.0. The van der Waals surface area contributed by atoms with Crippen LogP contribution in [0.5, 0.6) is 0 Å². The number of sulfonamides is 1. The van der Waals surface area contributed by atoms with Gasteiger partial charge in [0, 0.05) is 13.1 Å². The minimum Gasteiger partial charge on any atom is -0.475 e. The number of nitrogens with one attached hydrogen (secondary N) is 2. The van der Waals surface area contributed by atoms with Gasteiger partial charge in [-0.05, 0) is 62.4 Å². The smallest absolute Gasteiger partial charge is 0.475 e. The molecule has 0 radical (unpaired) electrons. The van der Waals surface area contributed by atoms with Crippen LogP contribution < -0.4 is 15.8 Å². The summed E-state index contributed by atoms with van der Waals surface area (Å²) in [6.07, 6.45) is -1.14. The Morgan fingerprint density at radius 2 is 1.66 bits per heavy atom. The van der Waals surface area contributed by atoms with Crippen molar-refractivity contribution in [2.45, 2.75) is 82.8 Å². The van der Waals surface area contributed by atoms with E-state index in [1.54, 1.807) is 43.0 Å². The maximum absolute atomic E-state index is 14.1. The van der Waals surface area contributed by atoms with Gasteiger partial charge in [0.2, 0.25) is 21.8 Å². The first-order valence-electron chi connectivity index (χ1n) is 15.9. The number of ether oxygens (including phenoxy) is 1. The van der Waals surface area contributed by atoms with Crippen LogP contribution in [0.3, 0.4) is 0 Å². The lowest BCUT2D eigenvalue weighted by molar-refractivity contribution is -0.192. The third kappa shape index (κ3) is 10.4. The van der Waals surface area contributed by atoms with Crippen molar-refractivity contribution in [3.63, 3.8) is 0 Å². The number of carbonyl (C=O) groups excluding carboxylic acids is 2. The number of halogens is 3. The molecule has 0 bridgehead atoms. The molecule has 1 heterocycles. The second-order valence-corrected chi connectivity index (χ2v) is 14.3. The summed E-state index contributed by atoms with van der Waals surface area (Å²) in [4.78, 5) is 37.6. The molecule has 1 aliphatic carbocycles. The first-order chi connectivity index (χ1) is 23.3. The van der Waals surface area contributed by atoms with Gasteiger partial charge in [0.15, 0.2) is 0 Å². The zero-order valence-electron chi connectivity index (χ0n) is 28.0. The average Bonchev–Trinajstić information content (AvgIpc) is 3.27. The summed E-state index contributed by atoms with van der Waals surface area (Å²) in [5, 5.41) is 19.2. The molecule has 2 aromatic rings. The molecule has 2 amide bonds. The Kier molecular flexibility index (Phi) is 13.3. The molecule has 1 saturated carbocycles. The van der Waals surface area contributed by atoms with Crippen LogP contribution in [0.2, 0.25) is 0 Å². The van der Waals surface area contributed by atoms with E-state index in [2.05, 4.69) is 16.1 Å². The summed E-state index contributed by atoms with van der Waals surface area (Å²) >= 11 is 0. The molecule has 1 atom stereocenters. The first kappa shape index (κ1) is 40.1. The second kappa shape index (κ2) is 16.6. The molecule has 0 aromatic heterocycles. The Hall–Kier alpha value is -4.30. The number of amides is 2. The van der Waals surface area contributed by atoms with Crippen LogP contribution in [0.15, 0.2) is 60.2 Å². The van der Waals surface area contributed by atoms with Crippen molar-refractivity contribution in [1.82, 2.24) is 14.9 Å². The highest BCUT2D eigenvalue weighted by Crippen LogP contribution is 2.45. The molecule has 1 fully saturated rings. The summed E-state index contributed by atoms with van der Waals surface area (Å²) in [5.74, 6) is -3.65. The zero-order valence-corrected chi connectivity index (χ0v) is 28.9. The molecular formula is C34H42F3N5O7S. The number of likely N-dealkylation sites (N-methyl/N-ethyl adjacent to an activating group) is 1. The van der Waals surface area contributed by atoms with Crippen LogP contribution in [-0.2, 0) is 35.8 Å². The fraction of sp³-hybridized carbons (Fsp3) is 0.471. The van der Waals surface area contributed by atoms with E-state index in [9.17, 15) is 36.4 Å². The molecule has 4 rings (SSSR count). The molecule has 0 unspecified atom stereocenters. The molecule has 0 saturated heterocycles. The van der Waals surface area contributed by atoms with E-state index in [0.717, 1.165) is 24.8 Å². The monoisotopic (exact) mass is 721 g/mol. The molecular weight excluding hydrogens is 679 g/mol. The third-order valence-corrected chi connectivity index (χ3v) is 9.98. The molecule has 50 heavy (non-hydrogen) atoms. The van der Waals surface area contributed by atoms with Crippen molar-refractivity contribution in [3.05, 3.63) is 76.9 Å². The van der Waals surface area contributed by atoms with E-state index in [4.69, 9.17) is 20.4 Å².